The van der Waals surface area contributed by atoms with Crippen molar-refractivity contribution in [3.63, 3.8) is 0 Å². The van der Waals surface area contributed by atoms with Crippen LogP contribution in [0.15, 0.2) is 18.2 Å². The summed E-state index contributed by atoms with van der Waals surface area (Å²) in [6.45, 7) is 2.76. The molecule has 4 heteroatoms. The lowest BCUT2D eigenvalue weighted by Gasteiger charge is -2.09. The Balaban J connectivity index is 2.52. The molecule has 0 amide bonds. The molecule has 0 unspecified atom stereocenters. The number of aldehydes is 1. The Kier molecular flexibility index (Phi) is 6.55. The van der Waals surface area contributed by atoms with Gasteiger partial charge in [0, 0.05) is 6.07 Å². The number of carbonyl (C=O) groups excluding carboxylic acids is 1. The van der Waals surface area contributed by atoms with Crippen LogP contribution in [-0.2, 0) is 0 Å². The summed E-state index contributed by atoms with van der Waals surface area (Å²) in [6.07, 6.45) is 1.78. The lowest BCUT2D eigenvalue weighted by atomic mass is 10.2. The molecule has 1 aromatic carbocycles. The Bertz CT molecular complexity index is 353. The van der Waals surface area contributed by atoms with Crippen LogP contribution < -0.4 is 9.47 Å². The van der Waals surface area contributed by atoms with Gasteiger partial charge in [0.1, 0.15) is 11.5 Å². The van der Waals surface area contributed by atoms with E-state index in [0.29, 0.717) is 23.7 Å². The van der Waals surface area contributed by atoms with Crippen molar-refractivity contribution in [1.29, 1.82) is 0 Å². The molecule has 0 saturated carbocycles. The second kappa shape index (κ2) is 8.01. The third kappa shape index (κ3) is 4.69. The maximum atomic E-state index is 10.8. The van der Waals surface area contributed by atoms with Crippen LogP contribution in [0.4, 0.5) is 0 Å². The van der Waals surface area contributed by atoms with E-state index >= 15 is 0 Å². The van der Waals surface area contributed by atoms with E-state index in [4.69, 9.17) is 9.47 Å². The molecule has 94 valence electrons. The van der Waals surface area contributed by atoms with Crippen molar-refractivity contribution >= 4 is 18.0 Å². The highest BCUT2D eigenvalue weighted by Crippen LogP contribution is 2.23. The zero-order valence-corrected chi connectivity index (χ0v) is 11.1. The Morgan fingerprint density at radius 2 is 2.24 bits per heavy atom. The lowest BCUT2D eigenvalue weighted by molar-refractivity contribution is 0.111. The first-order chi connectivity index (χ1) is 8.31. The fourth-order valence-electron chi connectivity index (χ4n) is 1.35. The van der Waals surface area contributed by atoms with Gasteiger partial charge in [0.2, 0.25) is 0 Å². The molecule has 0 aliphatic heterocycles. The van der Waals surface area contributed by atoms with Crippen LogP contribution in [-0.4, -0.2) is 31.5 Å². The van der Waals surface area contributed by atoms with Crippen molar-refractivity contribution in [1.82, 2.24) is 0 Å². The van der Waals surface area contributed by atoms with Crippen molar-refractivity contribution < 1.29 is 14.3 Å². The van der Waals surface area contributed by atoms with Gasteiger partial charge in [0.15, 0.2) is 6.29 Å². The summed E-state index contributed by atoms with van der Waals surface area (Å²) >= 11 is 1.89. The molecule has 0 atom stereocenters. The normalized spacial score (nSPS) is 10.0. The van der Waals surface area contributed by atoms with Crippen LogP contribution in [0.1, 0.15) is 23.7 Å². The van der Waals surface area contributed by atoms with Crippen molar-refractivity contribution in [3.05, 3.63) is 23.8 Å². The average Bonchev–Trinajstić information content (AvgIpc) is 2.38. The van der Waals surface area contributed by atoms with Crippen molar-refractivity contribution in [3.8, 4) is 11.5 Å². The Hall–Kier alpha value is -1.16. The maximum absolute atomic E-state index is 10.8. The first-order valence-electron chi connectivity index (χ1n) is 5.65. The van der Waals surface area contributed by atoms with E-state index in [1.165, 1.54) is 0 Å². The zero-order valence-electron chi connectivity index (χ0n) is 10.3. The summed E-state index contributed by atoms with van der Waals surface area (Å²) in [5.41, 5.74) is 0.564. The summed E-state index contributed by atoms with van der Waals surface area (Å²) in [6, 6.07) is 5.21. The molecule has 17 heavy (non-hydrogen) atoms. The quantitative estimate of drug-likeness (QED) is 0.527. The molecule has 0 spiro atoms. The number of hydrogen-bond acceptors (Lipinski definition) is 4. The minimum Gasteiger partial charge on any atom is -0.497 e. The first-order valence-corrected chi connectivity index (χ1v) is 6.81. The van der Waals surface area contributed by atoms with E-state index in [-0.39, 0.29) is 0 Å². The van der Waals surface area contributed by atoms with Gasteiger partial charge in [-0.15, -0.1) is 0 Å². The molecule has 0 radical (unpaired) electrons. The molecule has 1 aromatic rings. The molecule has 0 aromatic heterocycles. The molecule has 0 fully saturated rings. The fourth-order valence-corrected chi connectivity index (χ4v) is 1.96. The van der Waals surface area contributed by atoms with Crippen molar-refractivity contribution in [2.45, 2.75) is 13.3 Å². The molecule has 0 saturated heterocycles. The van der Waals surface area contributed by atoms with Gasteiger partial charge >= 0.3 is 0 Å². The number of methoxy groups -OCH3 is 1. The minimum atomic E-state index is 0.564. The third-order valence-corrected chi connectivity index (χ3v) is 3.23. The van der Waals surface area contributed by atoms with Gasteiger partial charge in [-0.2, -0.15) is 11.8 Å². The maximum Gasteiger partial charge on any atom is 0.153 e. The number of thioether (sulfide) groups is 1. The summed E-state index contributed by atoms with van der Waals surface area (Å²) in [5.74, 6) is 3.50. The fraction of sp³-hybridized carbons (Fsp3) is 0.462. The summed E-state index contributed by atoms with van der Waals surface area (Å²) in [5, 5.41) is 0. The average molecular weight is 254 g/mol. The second-order valence-corrected chi connectivity index (χ2v) is 4.81. The van der Waals surface area contributed by atoms with Gasteiger partial charge in [-0.3, -0.25) is 4.79 Å². The summed E-state index contributed by atoms with van der Waals surface area (Å²) < 4.78 is 10.7. The highest BCUT2D eigenvalue weighted by molar-refractivity contribution is 7.99. The van der Waals surface area contributed by atoms with Crippen LogP contribution in [0.25, 0.3) is 0 Å². The molecule has 1 rings (SSSR count). The van der Waals surface area contributed by atoms with Crippen LogP contribution in [0.5, 0.6) is 11.5 Å². The molecule has 0 bridgehead atoms. The van der Waals surface area contributed by atoms with Crippen LogP contribution in [0, 0.1) is 0 Å². The van der Waals surface area contributed by atoms with Crippen LogP contribution >= 0.6 is 11.8 Å². The van der Waals surface area contributed by atoms with E-state index in [1.54, 1.807) is 25.3 Å². The Morgan fingerprint density at radius 1 is 1.41 bits per heavy atom. The number of rotatable bonds is 8. The molecular formula is C13H18O3S. The molecule has 0 heterocycles. The number of benzene rings is 1. The van der Waals surface area contributed by atoms with Gasteiger partial charge in [0.25, 0.3) is 0 Å². The van der Waals surface area contributed by atoms with Gasteiger partial charge in [-0.05, 0) is 30.1 Å². The van der Waals surface area contributed by atoms with Crippen molar-refractivity contribution in [2.24, 2.45) is 0 Å². The largest absolute Gasteiger partial charge is 0.497 e. The third-order valence-electron chi connectivity index (χ3n) is 2.24. The van der Waals surface area contributed by atoms with Crippen LogP contribution in [0.2, 0.25) is 0 Å². The monoisotopic (exact) mass is 254 g/mol. The molecule has 0 N–H and O–H groups in total. The Morgan fingerprint density at radius 3 is 2.88 bits per heavy atom. The Labute approximate surface area is 106 Å². The van der Waals surface area contributed by atoms with Gasteiger partial charge < -0.3 is 9.47 Å². The molecule has 0 aliphatic rings. The number of ether oxygens (including phenoxy) is 2. The van der Waals surface area contributed by atoms with Gasteiger partial charge in [-0.1, -0.05) is 6.92 Å². The molecule has 0 aliphatic carbocycles. The SMILES string of the molecule is CCSCCCOc1cc(OC)ccc1C=O. The number of hydrogen-bond donors (Lipinski definition) is 0. The topological polar surface area (TPSA) is 35.5 Å². The van der Waals surface area contributed by atoms with E-state index < -0.39 is 0 Å². The zero-order chi connectivity index (χ0) is 12.5. The van der Waals surface area contributed by atoms with E-state index in [9.17, 15) is 4.79 Å². The van der Waals surface area contributed by atoms with E-state index in [2.05, 4.69) is 6.92 Å². The predicted octanol–water partition coefficient (Wildman–Crippen LogP) is 3.03. The number of carbonyl (C=O) groups is 1. The molecule has 3 nitrogen and oxygen atoms in total. The lowest BCUT2D eigenvalue weighted by Crippen LogP contribution is -2.01. The standard InChI is InChI=1S/C13H18O3S/c1-3-17-8-4-7-16-13-9-12(15-2)6-5-11(13)10-14/h5-6,9-10H,3-4,7-8H2,1-2H3. The van der Waals surface area contributed by atoms with Crippen LogP contribution in [0.3, 0.4) is 0 Å². The summed E-state index contributed by atoms with van der Waals surface area (Å²) in [4.78, 5) is 10.8. The minimum absolute atomic E-state index is 0.564. The second-order valence-electron chi connectivity index (χ2n) is 3.42. The van der Waals surface area contributed by atoms with Crippen molar-refractivity contribution in [2.75, 3.05) is 25.2 Å². The summed E-state index contributed by atoms with van der Waals surface area (Å²) in [7, 11) is 1.59. The van der Waals surface area contributed by atoms with Gasteiger partial charge in [0.05, 0.1) is 19.3 Å². The highest BCUT2D eigenvalue weighted by atomic mass is 32.2. The van der Waals surface area contributed by atoms with E-state index in [1.807, 2.05) is 11.8 Å². The molecular weight excluding hydrogens is 236 g/mol. The highest BCUT2D eigenvalue weighted by Gasteiger charge is 2.04. The van der Waals surface area contributed by atoms with Gasteiger partial charge in [-0.25, -0.2) is 0 Å². The smallest absolute Gasteiger partial charge is 0.153 e. The van der Waals surface area contributed by atoms with E-state index in [0.717, 1.165) is 24.2 Å². The first kappa shape index (κ1) is 13.9. The predicted molar refractivity (Wildman–Crippen MR) is 71.5 cm³/mol.